The second kappa shape index (κ2) is 4.75. The average Bonchev–Trinajstić information content (AvgIpc) is 3.02. The van der Waals surface area contributed by atoms with Crippen LogP contribution >= 0.6 is 0 Å². The summed E-state index contributed by atoms with van der Waals surface area (Å²) >= 11 is 0. The third kappa shape index (κ3) is 2.00. The topological polar surface area (TPSA) is 89.6 Å². The number of benzene rings is 1. The Labute approximate surface area is 121 Å². The van der Waals surface area contributed by atoms with E-state index in [-0.39, 0.29) is 0 Å². The number of nitrogens with two attached hydrogens (primary N) is 1. The van der Waals surface area contributed by atoms with E-state index in [4.69, 9.17) is 5.84 Å². The molecule has 0 atom stereocenters. The summed E-state index contributed by atoms with van der Waals surface area (Å²) in [4.78, 5) is 17.8. The number of hydrogen-bond acceptors (Lipinski definition) is 6. The molecule has 104 valence electrons. The van der Waals surface area contributed by atoms with Crippen LogP contribution in [-0.2, 0) is 12.8 Å². The van der Waals surface area contributed by atoms with Crippen molar-refractivity contribution in [2.24, 2.45) is 5.84 Å². The van der Waals surface area contributed by atoms with Crippen LogP contribution in [0, 0.1) is 0 Å². The zero-order valence-electron chi connectivity index (χ0n) is 11.4. The minimum atomic E-state index is 0.677. The van der Waals surface area contributed by atoms with E-state index in [9.17, 15) is 0 Å². The van der Waals surface area contributed by atoms with Crippen molar-refractivity contribution in [2.45, 2.75) is 19.3 Å². The van der Waals surface area contributed by atoms with Gasteiger partial charge in [-0.2, -0.15) is 0 Å². The van der Waals surface area contributed by atoms with Gasteiger partial charge in [-0.05, 0) is 37.5 Å². The van der Waals surface area contributed by atoms with Crippen LogP contribution in [0.2, 0.25) is 0 Å². The predicted molar refractivity (Wildman–Crippen MR) is 80.4 cm³/mol. The monoisotopic (exact) mass is 278 g/mol. The third-order valence-electron chi connectivity index (χ3n) is 3.80. The number of nitrogen functional groups attached to an aromatic ring is 1. The Morgan fingerprint density at radius 2 is 1.86 bits per heavy atom. The molecule has 3 aromatic rings. The summed E-state index contributed by atoms with van der Waals surface area (Å²) in [6.07, 6.45) is 6.43. The van der Waals surface area contributed by atoms with Crippen molar-refractivity contribution in [3.63, 3.8) is 0 Å². The number of rotatable bonds is 2. The Morgan fingerprint density at radius 1 is 1.00 bits per heavy atom. The number of hydrazine groups is 1. The zero-order chi connectivity index (χ0) is 14.2. The highest BCUT2D eigenvalue weighted by Gasteiger charge is 2.19. The molecular formula is C15H14N6. The van der Waals surface area contributed by atoms with Crippen molar-refractivity contribution in [1.29, 1.82) is 0 Å². The lowest BCUT2D eigenvalue weighted by atomic mass is 10.1. The van der Waals surface area contributed by atoms with Gasteiger partial charge in [0.1, 0.15) is 5.82 Å². The maximum atomic E-state index is 5.60. The summed E-state index contributed by atoms with van der Waals surface area (Å²) in [5.74, 6) is 7.00. The van der Waals surface area contributed by atoms with Gasteiger partial charge in [0.25, 0.3) is 0 Å². The fourth-order valence-electron chi connectivity index (χ4n) is 2.78. The smallest absolute Gasteiger partial charge is 0.161 e. The van der Waals surface area contributed by atoms with E-state index in [0.717, 1.165) is 52.9 Å². The molecule has 4 rings (SSSR count). The van der Waals surface area contributed by atoms with E-state index in [1.165, 1.54) is 0 Å². The van der Waals surface area contributed by atoms with Gasteiger partial charge in [-0.25, -0.2) is 15.8 Å². The van der Waals surface area contributed by atoms with Gasteiger partial charge >= 0.3 is 0 Å². The standard InChI is InChI=1S/C15H14N6/c16-21-15-10-2-1-3-11(10)19-14(20-15)9-4-5-12-13(8-9)18-7-6-17-12/h4-8H,1-3,16H2,(H,19,20,21). The lowest BCUT2D eigenvalue weighted by molar-refractivity contribution is 0.900. The number of aryl methyl sites for hydroxylation is 1. The molecule has 0 saturated carbocycles. The van der Waals surface area contributed by atoms with Crippen LogP contribution in [0.25, 0.3) is 22.4 Å². The van der Waals surface area contributed by atoms with Crippen LogP contribution < -0.4 is 11.3 Å². The molecule has 0 amide bonds. The first-order valence-electron chi connectivity index (χ1n) is 6.93. The molecule has 0 fully saturated rings. The molecule has 0 radical (unpaired) electrons. The first-order chi connectivity index (χ1) is 10.3. The fraction of sp³-hybridized carbons (Fsp3) is 0.200. The van der Waals surface area contributed by atoms with Gasteiger partial charge in [0.15, 0.2) is 5.82 Å². The normalized spacial score (nSPS) is 13.4. The largest absolute Gasteiger partial charge is 0.308 e. The number of nitrogens with zero attached hydrogens (tertiary/aromatic N) is 4. The third-order valence-corrected chi connectivity index (χ3v) is 3.80. The average molecular weight is 278 g/mol. The number of nitrogens with one attached hydrogen (secondary N) is 1. The van der Waals surface area contributed by atoms with Gasteiger partial charge < -0.3 is 5.43 Å². The van der Waals surface area contributed by atoms with E-state index in [2.05, 4.69) is 25.4 Å². The van der Waals surface area contributed by atoms with Crippen molar-refractivity contribution < 1.29 is 0 Å². The molecule has 3 N–H and O–H groups in total. The molecule has 0 aliphatic heterocycles. The Bertz CT molecular complexity index is 830. The highest BCUT2D eigenvalue weighted by atomic mass is 15.3. The maximum Gasteiger partial charge on any atom is 0.161 e. The minimum Gasteiger partial charge on any atom is -0.308 e. The van der Waals surface area contributed by atoms with E-state index < -0.39 is 0 Å². The highest BCUT2D eigenvalue weighted by Crippen LogP contribution is 2.29. The van der Waals surface area contributed by atoms with Crippen LogP contribution in [0.4, 0.5) is 5.82 Å². The fourth-order valence-corrected chi connectivity index (χ4v) is 2.78. The van der Waals surface area contributed by atoms with Crippen LogP contribution in [0.5, 0.6) is 0 Å². The summed E-state index contributed by atoms with van der Waals surface area (Å²) in [6, 6.07) is 5.86. The number of anilines is 1. The summed E-state index contributed by atoms with van der Waals surface area (Å²) in [6.45, 7) is 0. The molecule has 0 bridgehead atoms. The predicted octanol–water partition coefficient (Wildman–Crippen LogP) is 1.86. The zero-order valence-corrected chi connectivity index (χ0v) is 11.4. The van der Waals surface area contributed by atoms with Gasteiger partial charge in [0.2, 0.25) is 0 Å². The molecule has 0 saturated heterocycles. The van der Waals surface area contributed by atoms with Gasteiger partial charge in [0.05, 0.1) is 11.0 Å². The van der Waals surface area contributed by atoms with E-state index >= 15 is 0 Å². The Balaban J connectivity index is 1.88. The van der Waals surface area contributed by atoms with Crippen molar-refractivity contribution in [2.75, 3.05) is 5.43 Å². The molecule has 0 spiro atoms. The quantitative estimate of drug-likeness (QED) is 0.549. The lowest BCUT2D eigenvalue weighted by Crippen LogP contribution is -2.12. The molecule has 1 aromatic carbocycles. The summed E-state index contributed by atoms with van der Waals surface area (Å²) in [5, 5.41) is 0. The maximum absolute atomic E-state index is 5.60. The first-order valence-corrected chi connectivity index (χ1v) is 6.93. The van der Waals surface area contributed by atoms with Gasteiger partial charge in [-0.3, -0.25) is 9.97 Å². The lowest BCUT2D eigenvalue weighted by Gasteiger charge is -2.09. The molecular weight excluding hydrogens is 264 g/mol. The highest BCUT2D eigenvalue weighted by molar-refractivity contribution is 5.79. The Morgan fingerprint density at radius 3 is 2.71 bits per heavy atom. The van der Waals surface area contributed by atoms with Crippen LogP contribution in [-0.4, -0.2) is 19.9 Å². The summed E-state index contributed by atoms with van der Waals surface area (Å²) in [7, 11) is 0. The number of aromatic nitrogens is 4. The first kappa shape index (κ1) is 12.2. The van der Waals surface area contributed by atoms with Crippen LogP contribution in [0.3, 0.4) is 0 Å². The van der Waals surface area contributed by atoms with Crippen molar-refractivity contribution in [3.05, 3.63) is 41.9 Å². The summed E-state index contributed by atoms with van der Waals surface area (Å²) < 4.78 is 0. The Kier molecular flexibility index (Phi) is 2.75. The molecule has 21 heavy (non-hydrogen) atoms. The molecule has 2 aromatic heterocycles. The molecule has 6 nitrogen and oxygen atoms in total. The second-order valence-corrected chi connectivity index (χ2v) is 5.08. The SMILES string of the molecule is NNc1nc(-c2ccc3nccnc3c2)nc2c1CCC2. The van der Waals surface area contributed by atoms with Crippen LogP contribution in [0.15, 0.2) is 30.6 Å². The molecule has 6 heteroatoms. The second-order valence-electron chi connectivity index (χ2n) is 5.08. The summed E-state index contributed by atoms with van der Waals surface area (Å²) in [5.41, 5.74) is 7.55. The molecule has 1 aliphatic rings. The van der Waals surface area contributed by atoms with E-state index in [1.54, 1.807) is 12.4 Å². The van der Waals surface area contributed by atoms with E-state index in [0.29, 0.717) is 5.82 Å². The van der Waals surface area contributed by atoms with Crippen molar-refractivity contribution >= 4 is 16.9 Å². The van der Waals surface area contributed by atoms with E-state index in [1.807, 2.05) is 18.2 Å². The molecule has 2 heterocycles. The van der Waals surface area contributed by atoms with Crippen molar-refractivity contribution in [3.8, 4) is 11.4 Å². The van der Waals surface area contributed by atoms with Gasteiger partial charge in [-0.1, -0.05) is 0 Å². The Hall–Kier alpha value is -2.60. The van der Waals surface area contributed by atoms with Crippen LogP contribution in [0.1, 0.15) is 17.7 Å². The number of hydrogen-bond donors (Lipinski definition) is 2. The molecule has 0 unspecified atom stereocenters. The number of fused-ring (bicyclic) bond motifs is 2. The van der Waals surface area contributed by atoms with Gasteiger partial charge in [0, 0.05) is 29.2 Å². The molecule has 1 aliphatic carbocycles. The van der Waals surface area contributed by atoms with Crippen molar-refractivity contribution in [1.82, 2.24) is 19.9 Å². The minimum absolute atomic E-state index is 0.677. The van der Waals surface area contributed by atoms with Gasteiger partial charge in [-0.15, -0.1) is 0 Å².